The van der Waals surface area contributed by atoms with Crippen molar-refractivity contribution in [2.45, 2.75) is 51.9 Å². The molecule has 1 heterocycles. The van der Waals surface area contributed by atoms with Gasteiger partial charge in [-0.1, -0.05) is 19.3 Å². The van der Waals surface area contributed by atoms with E-state index >= 15 is 0 Å². The van der Waals surface area contributed by atoms with Gasteiger partial charge in [0.05, 0.1) is 19.6 Å². The summed E-state index contributed by atoms with van der Waals surface area (Å²) in [6, 6.07) is 0. The Bertz CT molecular complexity index is 455. The van der Waals surface area contributed by atoms with Crippen LogP contribution in [0.2, 0.25) is 0 Å². The van der Waals surface area contributed by atoms with Gasteiger partial charge in [-0.05, 0) is 32.7 Å². The molecular formula is C18H32N4O3. The second kappa shape index (κ2) is 11.2. The van der Waals surface area contributed by atoms with E-state index in [9.17, 15) is 9.59 Å². The van der Waals surface area contributed by atoms with Gasteiger partial charge in [-0.3, -0.25) is 14.5 Å². The maximum atomic E-state index is 12.0. The number of nitrogens with zero attached hydrogens (tertiary/aromatic N) is 2. The van der Waals surface area contributed by atoms with E-state index in [1.165, 1.54) is 6.42 Å². The molecule has 2 rings (SSSR count). The molecule has 2 fully saturated rings. The number of hydrazone groups is 1. The van der Waals surface area contributed by atoms with E-state index in [0.29, 0.717) is 12.3 Å². The molecule has 0 radical (unpaired) electrons. The molecule has 2 aliphatic rings. The smallest absolute Gasteiger partial charge is 0.243 e. The van der Waals surface area contributed by atoms with Crippen molar-refractivity contribution in [3.63, 3.8) is 0 Å². The molecule has 142 valence electrons. The summed E-state index contributed by atoms with van der Waals surface area (Å²) in [5.74, 6) is 0.0272. The summed E-state index contributed by atoms with van der Waals surface area (Å²) < 4.78 is 5.31. The van der Waals surface area contributed by atoms with Crippen molar-refractivity contribution >= 4 is 17.5 Å². The fraction of sp³-hybridized carbons (Fsp3) is 0.833. The Kier molecular flexibility index (Phi) is 8.90. The zero-order valence-electron chi connectivity index (χ0n) is 15.4. The number of carbonyl (C=O) groups excluding carboxylic acids is 2. The van der Waals surface area contributed by atoms with E-state index in [-0.39, 0.29) is 24.2 Å². The highest BCUT2D eigenvalue weighted by Crippen LogP contribution is 2.23. The molecule has 2 amide bonds. The van der Waals surface area contributed by atoms with Crippen molar-refractivity contribution in [1.82, 2.24) is 15.6 Å². The number of ether oxygens (including phenoxy) is 1. The summed E-state index contributed by atoms with van der Waals surface area (Å²) in [4.78, 5) is 26.3. The van der Waals surface area contributed by atoms with Crippen molar-refractivity contribution in [1.29, 1.82) is 0 Å². The Balaban J connectivity index is 1.56. The quantitative estimate of drug-likeness (QED) is 0.392. The SMILES string of the molecule is C/C(CC(=O)NCCCN1CCOCC1)=N\NC(=O)C1CCCCC1. The summed E-state index contributed by atoms with van der Waals surface area (Å²) >= 11 is 0. The number of hydrogen-bond donors (Lipinski definition) is 2. The highest BCUT2D eigenvalue weighted by Gasteiger charge is 2.20. The second-order valence-electron chi connectivity index (χ2n) is 6.99. The third-order valence-electron chi connectivity index (χ3n) is 4.83. The van der Waals surface area contributed by atoms with Crippen LogP contribution in [0, 0.1) is 5.92 Å². The van der Waals surface area contributed by atoms with Crippen LogP contribution < -0.4 is 10.7 Å². The minimum atomic E-state index is -0.0462. The second-order valence-corrected chi connectivity index (χ2v) is 6.99. The first kappa shape index (κ1) is 19.8. The van der Waals surface area contributed by atoms with Crippen LogP contribution in [0.4, 0.5) is 0 Å². The number of morpholine rings is 1. The normalized spacial score (nSPS) is 20.3. The van der Waals surface area contributed by atoms with Gasteiger partial charge in [0.2, 0.25) is 11.8 Å². The average Bonchev–Trinajstić information content (AvgIpc) is 2.65. The summed E-state index contributed by atoms with van der Waals surface area (Å²) in [5.41, 5.74) is 3.25. The third kappa shape index (κ3) is 7.96. The Morgan fingerprint density at radius 1 is 1.16 bits per heavy atom. The van der Waals surface area contributed by atoms with Crippen LogP contribution in [0.1, 0.15) is 51.9 Å². The van der Waals surface area contributed by atoms with Gasteiger partial charge >= 0.3 is 0 Å². The molecule has 25 heavy (non-hydrogen) atoms. The Labute approximate surface area is 150 Å². The maximum absolute atomic E-state index is 12.0. The number of carbonyl (C=O) groups is 2. The zero-order valence-corrected chi connectivity index (χ0v) is 15.4. The van der Waals surface area contributed by atoms with Crippen molar-refractivity contribution in [3.8, 4) is 0 Å². The van der Waals surface area contributed by atoms with Crippen LogP contribution in [0.15, 0.2) is 5.10 Å². The molecule has 7 heteroatoms. The molecule has 1 saturated heterocycles. The fourth-order valence-corrected chi connectivity index (χ4v) is 3.30. The average molecular weight is 352 g/mol. The molecule has 0 aromatic heterocycles. The van der Waals surface area contributed by atoms with Gasteiger partial charge in [-0.15, -0.1) is 0 Å². The molecule has 1 saturated carbocycles. The molecular weight excluding hydrogens is 320 g/mol. The number of nitrogens with one attached hydrogen (secondary N) is 2. The van der Waals surface area contributed by atoms with E-state index in [1.54, 1.807) is 6.92 Å². The number of rotatable bonds is 8. The maximum Gasteiger partial charge on any atom is 0.243 e. The Morgan fingerprint density at radius 3 is 2.60 bits per heavy atom. The van der Waals surface area contributed by atoms with E-state index in [2.05, 4.69) is 20.7 Å². The molecule has 0 aromatic rings. The van der Waals surface area contributed by atoms with Gasteiger partial charge in [0.25, 0.3) is 0 Å². The van der Waals surface area contributed by atoms with E-state index in [0.717, 1.165) is 65.0 Å². The lowest BCUT2D eigenvalue weighted by Crippen LogP contribution is -2.38. The minimum absolute atomic E-state index is 0.00929. The Morgan fingerprint density at radius 2 is 1.88 bits per heavy atom. The fourth-order valence-electron chi connectivity index (χ4n) is 3.30. The first-order chi connectivity index (χ1) is 12.1. The standard InChI is InChI=1S/C18H32N4O3/c1-15(20-21-18(24)16-6-3-2-4-7-16)14-17(23)19-8-5-9-22-10-12-25-13-11-22/h16H,2-14H2,1H3,(H,19,23)(H,21,24)/b20-15+. The van der Waals surface area contributed by atoms with Crippen LogP contribution in [-0.4, -0.2) is 61.8 Å². The number of amides is 2. The van der Waals surface area contributed by atoms with Gasteiger partial charge in [0, 0.05) is 31.3 Å². The molecule has 2 N–H and O–H groups in total. The predicted molar refractivity (Wildman–Crippen MR) is 97.3 cm³/mol. The molecule has 7 nitrogen and oxygen atoms in total. The third-order valence-corrected chi connectivity index (χ3v) is 4.83. The van der Waals surface area contributed by atoms with Crippen LogP contribution in [0.3, 0.4) is 0 Å². The highest BCUT2D eigenvalue weighted by atomic mass is 16.5. The van der Waals surface area contributed by atoms with E-state index in [4.69, 9.17) is 4.74 Å². The lowest BCUT2D eigenvalue weighted by atomic mass is 9.89. The van der Waals surface area contributed by atoms with E-state index < -0.39 is 0 Å². The topological polar surface area (TPSA) is 83.0 Å². The molecule has 0 atom stereocenters. The van der Waals surface area contributed by atoms with Gasteiger partial charge in [0.1, 0.15) is 0 Å². The first-order valence-electron chi connectivity index (χ1n) is 9.55. The zero-order chi connectivity index (χ0) is 17.9. The first-order valence-corrected chi connectivity index (χ1v) is 9.55. The molecule has 0 unspecified atom stereocenters. The summed E-state index contributed by atoms with van der Waals surface area (Å²) in [7, 11) is 0. The molecule has 0 bridgehead atoms. The monoisotopic (exact) mass is 352 g/mol. The van der Waals surface area contributed by atoms with Crippen molar-refractivity contribution in [2.75, 3.05) is 39.4 Å². The Hall–Kier alpha value is -1.47. The summed E-state index contributed by atoms with van der Waals surface area (Å²) in [6.45, 7) is 6.96. The lowest BCUT2D eigenvalue weighted by molar-refractivity contribution is -0.126. The molecule has 1 aliphatic carbocycles. The van der Waals surface area contributed by atoms with Gasteiger partial charge < -0.3 is 10.1 Å². The van der Waals surface area contributed by atoms with E-state index in [1.807, 2.05) is 0 Å². The largest absolute Gasteiger partial charge is 0.379 e. The van der Waals surface area contributed by atoms with Crippen molar-refractivity contribution in [3.05, 3.63) is 0 Å². The van der Waals surface area contributed by atoms with Gasteiger partial charge in [-0.2, -0.15) is 5.10 Å². The highest BCUT2D eigenvalue weighted by molar-refractivity contribution is 6.00. The molecule has 0 aromatic carbocycles. The van der Waals surface area contributed by atoms with Crippen LogP contribution in [0.5, 0.6) is 0 Å². The van der Waals surface area contributed by atoms with Crippen molar-refractivity contribution in [2.24, 2.45) is 11.0 Å². The molecule has 1 aliphatic heterocycles. The minimum Gasteiger partial charge on any atom is -0.379 e. The molecule has 0 spiro atoms. The van der Waals surface area contributed by atoms with Gasteiger partial charge in [0.15, 0.2) is 0 Å². The number of hydrogen-bond acceptors (Lipinski definition) is 5. The van der Waals surface area contributed by atoms with Crippen LogP contribution >= 0.6 is 0 Å². The summed E-state index contributed by atoms with van der Waals surface area (Å²) in [5, 5.41) is 6.99. The predicted octanol–water partition coefficient (Wildman–Crippen LogP) is 1.29. The van der Waals surface area contributed by atoms with Crippen molar-refractivity contribution < 1.29 is 14.3 Å². The van der Waals surface area contributed by atoms with Gasteiger partial charge in [-0.25, -0.2) is 5.43 Å². The lowest BCUT2D eigenvalue weighted by Gasteiger charge is -2.26. The summed E-state index contributed by atoms with van der Waals surface area (Å²) in [6.07, 6.45) is 6.51. The van der Waals surface area contributed by atoms with Crippen LogP contribution in [0.25, 0.3) is 0 Å². The van der Waals surface area contributed by atoms with Crippen LogP contribution in [-0.2, 0) is 14.3 Å².